The van der Waals surface area contributed by atoms with Gasteiger partial charge >= 0.3 is 0 Å². The first-order valence-corrected chi connectivity index (χ1v) is 10.2. The van der Waals surface area contributed by atoms with Crippen molar-refractivity contribution in [2.75, 3.05) is 19.6 Å². The first-order valence-electron chi connectivity index (χ1n) is 10.2. The number of benzene rings is 2. The van der Waals surface area contributed by atoms with E-state index in [1.54, 1.807) is 24.3 Å². The summed E-state index contributed by atoms with van der Waals surface area (Å²) in [4.78, 5) is 17.0. The van der Waals surface area contributed by atoms with Gasteiger partial charge in [-0.2, -0.15) is 0 Å². The Hall–Kier alpha value is -2.47. The van der Waals surface area contributed by atoms with E-state index in [4.69, 9.17) is 0 Å². The maximum Gasteiger partial charge on any atom is 0.263 e. The fourth-order valence-electron chi connectivity index (χ4n) is 4.50. The van der Waals surface area contributed by atoms with Crippen LogP contribution in [-0.4, -0.2) is 46.5 Å². The molecule has 1 N–H and O–H groups in total. The second-order valence-electron chi connectivity index (χ2n) is 8.01. The van der Waals surface area contributed by atoms with Gasteiger partial charge in [-0.3, -0.25) is 9.69 Å². The van der Waals surface area contributed by atoms with E-state index in [0.29, 0.717) is 19.0 Å². The van der Waals surface area contributed by atoms with Crippen LogP contribution in [0.4, 0.5) is 8.78 Å². The Labute approximate surface area is 169 Å². The highest BCUT2D eigenvalue weighted by Gasteiger charge is 2.37. The summed E-state index contributed by atoms with van der Waals surface area (Å²) in [7, 11) is 0. The highest BCUT2D eigenvalue weighted by atomic mass is 19.3. The van der Waals surface area contributed by atoms with Crippen LogP contribution in [-0.2, 0) is 11.3 Å². The molecule has 2 saturated heterocycles. The van der Waals surface area contributed by atoms with Gasteiger partial charge in [0.25, 0.3) is 6.43 Å². The molecule has 2 aromatic carbocycles. The number of piperidine rings is 1. The molecule has 0 unspecified atom stereocenters. The third-order valence-electron chi connectivity index (χ3n) is 6.21. The van der Waals surface area contributed by atoms with Crippen LogP contribution in [0.1, 0.15) is 48.3 Å². The van der Waals surface area contributed by atoms with Crippen molar-refractivity contribution in [2.45, 2.75) is 44.2 Å². The quantitative estimate of drug-likeness (QED) is 0.813. The van der Waals surface area contributed by atoms with E-state index in [0.717, 1.165) is 37.9 Å². The number of phenols is 1. The molecule has 2 heterocycles. The summed E-state index contributed by atoms with van der Waals surface area (Å²) in [6, 6.07) is 13.6. The Morgan fingerprint density at radius 3 is 2.21 bits per heavy atom. The van der Waals surface area contributed by atoms with E-state index in [9.17, 15) is 18.7 Å². The number of carbonyl (C=O) groups is 1. The van der Waals surface area contributed by atoms with E-state index < -0.39 is 6.43 Å². The molecule has 4 rings (SSSR count). The number of amides is 1. The van der Waals surface area contributed by atoms with Crippen molar-refractivity contribution in [1.82, 2.24) is 9.80 Å². The minimum atomic E-state index is -2.47. The SMILES string of the molecule is O=C1[C@@H](N2CCC(c3ccc(O)cc3)CC2)CCN1Cc1ccc(C(F)F)cc1. The lowest BCUT2D eigenvalue weighted by atomic mass is 9.89. The largest absolute Gasteiger partial charge is 0.508 e. The van der Waals surface area contributed by atoms with Gasteiger partial charge in [-0.25, -0.2) is 8.78 Å². The van der Waals surface area contributed by atoms with Crippen molar-refractivity contribution in [3.05, 3.63) is 65.2 Å². The standard InChI is InChI=1S/C23H26F2N2O2/c24-22(25)19-3-1-16(2-4-19)15-27-14-11-21(23(27)29)26-12-9-18(10-13-26)17-5-7-20(28)8-6-17/h1-8,18,21-22,28H,9-15H2/t21-/m0/s1. The number of alkyl halides is 2. The van der Waals surface area contributed by atoms with Gasteiger partial charge in [-0.05, 0) is 61.5 Å². The van der Waals surface area contributed by atoms with Crippen LogP contribution in [0, 0.1) is 0 Å². The number of aromatic hydroxyl groups is 1. The molecule has 0 aromatic heterocycles. The summed E-state index contributed by atoms with van der Waals surface area (Å²) < 4.78 is 25.4. The highest BCUT2D eigenvalue weighted by molar-refractivity contribution is 5.84. The molecule has 1 amide bonds. The number of phenolic OH excluding ortho intramolecular Hbond substituents is 1. The summed E-state index contributed by atoms with van der Waals surface area (Å²) in [6.45, 7) is 2.96. The monoisotopic (exact) mass is 400 g/mol. The highest BCUT2D eigenvalue weighted by Crippen LogP contribution is 2.32. The zero-order valence-corrected chi connectivity index (χ0v) is 16.3. The van der Waals surface area contributed by atoms with Crippen molar-refractivity contribution >= 4 is 5.91 Å². The second-order valence-corrected chi connectivity index (χ2v) is 8.01. The average molecular weight is 400 g/mol. The molecular formula is C23H26F2N2O2. The summed E-state index contributed by atoms with van der Waals surface area (Å²) in [5, 5.41) is 9.45. The van der Waals surface area contributed by atoms with Crippen LogP contribution < -0.4 is 0 Å². The number of likely N-dealkylation sites (tertiary alicyclic amines) is 2. The summed E-state index contributed by atoms with van der Waals surface area (Å²) in [5.41, 5.74) is 2.14. The van der Waals surface area contributed by atoms with Crippen LogP contribution in [0.3, 0.4) is 0 Å². The van der Waals surface area contributed by atoms with Gasteiger partial charge in [0.1, 0.15) is 5.75 Å². The van der Waals surface area contributed by atoms with Gasteiger partial charge in [0.15, 0.2) is 0 Å². The van der Waals surface area contributed by atoms with E-state index in [-0.39, 0.29) is 23.3 Å². The number of hydrogen-bond acceptors (Lipinski definition) is 3. The van der Waals surface area contributed by atoms with Gasteiger partial charge in [0.2, 0.25) is 5.91 Å². The average Bonchev–Trinajstić information content (AvgIpc) is 3.09. The molecule has 29 heavy (non-hydrogen) atoms. The molecule has 0 bridgehead atoms. The maximum atomic E-state index is 12.9. The summed E-state index contributed by atoms with van der Waals surface area (Å²) in [6.07, 6.45) is 0.358. The van der Waals surface area contributed by atoms with Gasteiger partial charge in [-0.15, -0.1) is 0 Å². The molecule has 2 fully saturated rings. The molecule has 0 radical (unpaired) electrons. The Balaban J connectivity index is 1.31. The predicted octanol–water partition coefficient (Wildman–Crippen LogP) is 4.31. The van der Waals surface area contributed by atoms with Crippen LogP contribution in [0.2, 0.25) is 0 Å². The van der Waals surface area contributed by atoms with Crippen LogP contribution >= 0.6 is 0 Å². The van der Waals surface area contributed by atoms with Crippen molar-refractivity contribution in [3.63, 3.8) is 0 Å². The minimum absolute atomic E-state index is 0.0101. The molecule has 6 heteroatoms. The van der Waals surface area contributed by atoms with Gasteiger partial charge < -0.3 is 10.0 Å². The first-order chi connectivity index (χ1) is 14.0. The minimum Gasteiger partial charge on any atom is -0.508 e. The number of halogens is 2. The molecule has 0 aliphatic carbocycles. The molecule has 2 aromatic rings. The first kappa shape index (κ1) is 19.8. The van der Waals surface area contributed by atoms with E-state index in [1.165, 1.54) is 17.7 Å². The maximum absolute atomic E-state index is 12.9. The normalized spacial score (nSPS) is 21.3. The number of carbonyl (C=O) groups excluding carboxylic acids is 1. The van der Waals surface area contributed by atoms with Crippen LogP contribution in [0.15, 0.2) is 48.5 Å². The molecule has 0 spiro atoms. The second kappa shape index (κ2) is 8.49. The molecule has 154 valence electrons. The van der Waals surface area contributed by atoms with Gasteiger partial charge in [-0.1, -0.05) is 36.4 Å². The number of nitrogens with zero attached hydrogens (tertiary/aromatic N) is 2. The Morgan fingerprint density at radius 1 is 0.931 bits per heavy atom. The smallest absolute Gasteiger partial charge is 0.263 e. The van der Waals surface area contributed by atoms with Crippen LogP contribution in [0.25, 0.3) is 0 Å². The van der Waals surface area contributed by atoms with Crippen molar-refractivity contribution in [1.29, 1.82) is 0 Å². The Morgan fingerprint density at radius 2 is 1.59 bits per heavy atom. The topological polar surface area (TPSA) is 43.8 Å². The fraction of sp³-hybridized carbons (Fsp3) is 0.435. The Bertz CT molecular complexity index is 831. The molecule has 4 nitrogen and oxygen atoms in total. The van der Waals surface area contributed by atoms with Gasteiger partial charge in [0, 0.05) is 18.7 Å². The zero-order chi connectivity index (χ0) is 20.4. The van der Waals surface area contributed by atoms with E-state index in [2.05, 4.69) is 4.90 Å². The van der Waals surface area contributed by atoms with E-state index >= 15 is 0 Å². The molecule has 2 aliphatic rings. The molecule has 1 atom stereocenters. The summed E-state index contributed by atoms with van der Waals surface area (Å²) >= 11 is 0. The molecular weight excluding hydrogens is 374 g/mol. The molecule has 0 saturated carbocycles. The van der Waals surface area contributed by atoms with E-state index in [1.807, 2.05) is 17.0 Å². The lowest BCUT2D eigenvalue weighted by Crippen LogP contribution is -2.45. The summed E-state index contributed by atoms with van der Waals surface area (Å²) in [5.74, 6) is 0.894. The third-order valence-corrected chi connectivity index (χ3v) is 6.21. The Kier molecular flexibility index (Phi) is 5.81. The van der Waals surface area contributed by atoms with Crippen molar-refractivity contribution in [3.8, 4) is 5.75 Å². The van der Waals surface area contributed by atoms with Crippen molar-refractivity contribution in [2.24, 2.45) is 0 Å². The zero-order valence-electron chi connectivity index (χ0n) is 16.3. The lowest BCUT2D eigenvalue weighted by Gasteiger charge is -2.35. The third kappa shape index (κ3) is 4.42. The molecule has 2 aliphatic heterocycles. The number of rotatable bonds is 5. The fourth-order valence-corrected chi connectivity index (χ4v) is 4.50. The predicted molar refractivity (Wildman–Crippen MR) is 107 cm³/mol. The van der Waals surface area contributed by atoms with Crippen molar-refractivity contribution < 1.29 is 18.7 Å². The number of hydrogen-bond donors (Lipinski definition) is 1. The van der Waals surface area contributed by atoms with Gasteiger partial charge in [0.05, 0.1) is 6.04 Å². The van der Waals surface area contributed by atoms with Crippen LogP contribution in [0.5, 0.6) is 5.75 Å². The lowest BCUT2D eigenvalue weighted by molar-refractivity contribution is -0.133.